The van der Waals surface area contributed by atoms with E-state index in [-0.39, 0.29) is 11.2 Å². The summed E-state index contributed by atoms with van der Waals surface area (Å²) >= 11 is 6.00. The molecule has 2 rings (SSSR count). The lowest BCUT2D eigenvalue weighted by atomic mass is 9.79. The van der Waals surface area contributed by atoms with Crippen LogP contribution in [0.25, 0.3) is 11.1 Å². The van der Waals surface area contributed by atoms with Crippen molar-refractivity contribution in [3.63, 3.8) is 0 Å². The molecule has 24 heavy (non-hydrogen) atoms. The van der Waals surface area contributed by atoms with Crippen LogP contribution in [0.15, 0.2) is 30.5 Å². The SMILES string of the molecule is CCCC(C)(C)Cc1cc(CCl)ccc1-c1cc(OC)ncc1F. The lowest BCUT2D eigenvalue weighted by Gasteiger charge is -2.26. The Kier molecular flexibility index (Phi) is 6.22. The normalized spacial score (nSPS) is 11.6. The second-order valence-electron chi connectivity index (χ2n) is 6.92. The Hall–Kier alpha value is -1.61. The maximum Gasteiger partial charge on any atom is 0.213 e. The van der Waals surface area contributed by atoms with Gasteiger partial charge in [0.1, 0.15) is 5.82 Å². The fourth-order valence-electron chi connectivity index (χ4n) is 3.16. The number of hydrogen-bond acceptors (Lipinski definition) is 2. The van der Waals surface area contributed by atoms with E-state index in [4.69, 9.17) is 16.3 Å². The largest absolute Gasteiger partial charge is 0.481 e. The van der Waals surface area contributed by atoms with Crippen molar-refractivity contribution in [2.75, 3.05) is 7.11 Å². The molecule has 0 aliphatic carbocycles. The number of benzene rings is 1. The first-order valence-corrected chi connectivity index (χ1v) is 8.81. The maximum atomic E-state index is 14.4. The average Bonchev–Trinajstić information content (AvgIpc) is 2.55. The molecule has 1 aromatic heterocycles. The molecule has 2 nitrogen and oxygen atoms in total. The van der Waals surface area contributed by atoms with Gasteiger partial charge in [0.25, 0.3) is 0 Å². The minimum Gasteiger partial charge on any atom is -0.481 e. The highest BCUT2D eigenvalue weighted by molar-refractivity contribution is 6.17. The molecule has 0 N–H and O–H groups in total. The van der Waals surface area contributed by atoms with Crippen LogP contribution in [-0.2, 0) is 12.3 Å². The molecule has 2 aromatic rings. The Balaban J connectivity index is 2.53. The van der Waals surface area contributed by atoms with Gasteiger partial charge in [-0.3, -0.25) is 0 Å². The fraction of sp³-hybridized carbons (Fsp3) is 0.450. The number of rotatable bonds is 7. The van der Waals surface area contributed by atoms with E-state index in [1.807, 2.05) is 12.1 Å². The van der Waals surface area contributed by atoms with Gasteiger partial charge in [-0.25, -0.2) is 9.37 Å². The molecule has 0 bridgehead atoms. The molecule has 0 aliphatic rings. The molecule has 4 heteroatoms. The van der Waals surface area contributed by atoms with Crippen LogP contribution < -0.4 is 4.74 Å². The van der Waals surface area contributed by atoms with Crippen LogP contribution in [0.3, 0.4) is 0 Å². The van der Waals surface area contributed by atoms with Gasteiger partial charge in [-0.05, 0) is 34.9 Å². The highest BCUT2D eigenvalue weighted by Gasteiger charge is 2.21. The Morgan fingerprint density at radius 3 is 2.58 bits per heavy atom. The maximum absolute atomic E-state index is 14.4. The third-order valence-electron chi connectivity index (χ3n) is 4.25. The number of methoxy groups -OCH3 is 1. The molecule has 0 saturated carbocycles. The zero-order valence-electron chi connectivity index (χ0n) is 14.8. The number of hydrogen-bond donors (Lipinski definition) is 0. The number of nitrogens with zero attached hydrogens (tertiary/aromatic N) is 1. The van der Waals surface area contributed by atoms with E-state index < -0.39 is 0 Å². The summed E-state index contributed by atoms with van der Waals surface area (Å²) in [7, 11) is 1.53. The first-order chi connectivity index (χ1) is 11.4. The third kappa shape index (κ3) is 4.47. The Labute approximate surface area is 149 Å². The standard InChI is InChI=1S/C20H25ClFNO/c1-5-8-20(2,3)11-15-9-14(12-21)6-7-16(15)17-10-19(24-4)23-13-18(17)22/h6-7,9-10,13H,5,8,11-12H2,1-4H3. The molecule has 0 saturated heterocycles. The van der Waals surface area contributed by atoms with Crippen molar-refractivity contribution in [2.45, 2.75) is 45.9 Å². The van der Waals surface area contributed by atoms with Crippen molar-refractivity contribution in [3.05, 3.63) is 47.4 Å². The summed E-state index contributed by atoms with van der Waals surface area (Å²) in [5.41, 5.74) is 3.70. The van der Waals surface area contributed by atoms with Gasteiger partial charge in [0.05, 0.1) is 13.3 Å². The Morgan fingerprint density at radius 2 is 1.96 bits per heavy atom. The predicted octanol–water partition coefficient (Wildman–Crippen LogP) is 6.00. The predicted molar refractivity (Wildman–Crippen MR) is 98.1 cm³/mol. The van der Waals surface area contributed by atoms with E-state index in [9.17, 15) is 4.39 Å². The minimum atomic E-state index is -0.344. The molecule has 0 unspecified atom stereocenters. The van der Waals surface area contributed by atoms with E-state index in [0.717, 1.165) is 36.0 Å². The number of ether oxygens (including phenoxy) is 1. The fourth-order valence-corrected chi connectivity index (χ4v) is 3.32. The van der Waals surface area contributed by atoms with Crippen LogP contribution in [0.1, 0.15) is 44.7 Å². The van der Waals surface area contributed by atoms with Crippen LogP contribution in [0.2, 0.25) is 0 Å². The van der Waals surface area contributed by atoms with Crippen molar-refractivity contribution in [2.24, 2.45) is 5.41 Å². The molecule has 0 radical (unpaired) electrons. The van der Waals surface area contributed by atoms with Crippen molar-refractivity contribution < 1.29 is 9.13 Å². The molecule has 0 fully saturated rings. The Bertz CT molecular complexity index is 700. The summed E-state index contributed by atoms with van der Waals surface area (Å²) in [6, 6.07) is 7.64. The first-order valence-electron chi connectivity index (χ1n) is 8.28. The van der Waals surface area contributed by atoms with Gasteiger partial charge < -0.3 is 4.74 Å². The summed E-state index contributed by atoms with van der Waals surface area (Å²) in [5.74, 6) is 0.513. The van der Waals surface area contributed by atoms with E-state index >= 15 is 0 Å². The van der Waals surface area contributed by atoms with E-state index in [1.54, 1.807) is 6.07 Å². The van der Waals surface area contributed by atoms with E-state index in [0.29, 0.717) is 17.3 Å². The van der Waals surface area contributed by atoms with Gasteiger partial charge in [-0.1, -0.05) is 45.4 Å². The first kappa shape index (κ1) is 18.7. The van der Waals surface area contributed by atoms with E-state index in [1.165, 1.54) is 13.3 Å². The summed E-state index contributed by atoms with van der Waals surface area (Å²) < 4.78 is 19.5. The highest BCUT2D eigenvalue weighted by atomic mass is 35.5. The van der Waals surface area contributed by atoms with Gasteiger partial charge in [0, 0.05) is 17.5 Å². The van der Waals surface area contributed by atoms with Gasteiger partial charge in [-0.15, -0.1) is 11.6 Å². The van der Waals surface area contributed by atoms with Gasteiger partial charge in [0.2, 0.25) is 5.88 Å². The van der Waals surface area contributed by atoms with Crippen LogP contribution in [0, 0.1) is 11.2 Å². The van der Waals surface area contributed by atoms with Crippen molar-refractivity contribution in [1.29, 1.82) is 0 Å². The summed E-state index contributed by atoms with van der Waals surface area (Å²) in [5, 5.41) is 0. The smallest absolute Gasteiger partial charge is 0.213 e. The summed E-state index contributed by atoms with van der Waals surface area (Å²) in [6.07, 6.45) is 4.31. The van der Waals surface area contributed by atoms with Gasteiger partial charge in [0.15, 0.2) is 0 Å². The zero-order chi connectivity index (χ0) is 17.7. The summed E-state index contributed by atoms with van der Waals surface area (Å²) in [6.45, 7) is 6.68. The molecular formula is C20H25ClFNO. The van der Waals surface area contributed by atoms with Crippen molar-refractivity contribution in [3.8, 4) is 17.0 Å². The number of aromatic nitrogens is 1. The van der Waals surface area contributed by atoms with Gasteiger partial charge in [-0.2, -0.15) is 0 Å². The monoisotopic (exact) mass is 349 g/mol. The van der Waals surface area contributed by atoms with Crippen LogP contribution in [0.4, 0.5) is 4.39 Å². The molecule has 130 valence electrons. The van der Waals surface area contributed by atoms with Gasteiger partial charge >= 0.3 is 0 Å². The van der Waals surface area contributed by atoms with E-state index in [2.05, 4.69) is 31.8 Å². The molecule has 1 heterocycles. The topological polar surface area (TPSA) is 22.1 Å². The highest BCUT2D eigenvalue weighted by Crippen LogP contribution is 2.35. The number of alkyl halides is 1. The zero-order valence-corrected chi connectivity index (χ0v) is 15.6. The molecular weight excluding hydrogens is 325 g/mol. The van der Waals surface area contributed by atoms with Crippen LogP contribution in [0.5, 0.6) is 5.88 Å². The Morgan fingerprint density at radius 1 is 1.21 bits per heavy atom. The third-order valence-corrected chi connectivity index (χ3v) is 4.56. The summed E-state index contributed by atoms with van der Waals surface area (Å²) in [4.78, 5) is 3.93. The lowest BCUT2D eigenvalue weighted by molar-refractivity contribution is 0.329. The quantitative estimate of drug-likeness (QED) is 0.571. The molecule has 0 spiro atoms. The van der Waals surface area contributed by atoms with Crippen LogP contribution >= 0.6 is 11.6 Å². The minimum absolute atomic E-state index is 0.141. The number of halogens is 2. The molecule has 0 amide bonds. The second-order valence-corrected chi connectivity index (χ2v) is 7.19. The second kappa shape index (κ2) is 7.98. The molecule has 0 atom stereocenters. The van der Waals surface area contributed by atoms with Crippen molar-refractivity contribution in [1.82, 2.24) is 4.98 Å². The lowest BCUT2D eigenvalue weighted by Crippen LogP contribution is -2.15. The molecule has 0 aliphatic heterocycles. The molecule has 1 aromatic carbocycles. The number of pyridine rings is 1. The average molecular weight is 350 g/mol. The van der Waals surface area contributed by atoms with Crippen molar-refractivity contribution >= 4 is 11.6 Å². The van der Waals surface area contributed by atoms with Crippen LogP contribution in [-0.4, -0.2) is 12.1 Å².